The van der Waals surface area contributed by atoms with Crippen molar-refractivity contribution < 1.29 is 9.47 Å². The van der Waals surface area contributed by atoms with Crippen molar-refractivity contribution in [3.63, 3.8) is 0 Å². The van der Waals surface area contributed by atoms with Crippen molar-refractivity contribution in [2.75, 3.05) is 13.7 Å². The van der Waals surface area contributed by atoms with Crippen LogP contribution in [-0.4, -0.2) is 18.9 Å². The van der Waals surface area contributed by atoms with Gasteiger partial charge in [0, 0.05) is 0 Å². The van der Waals surface area contributed by atoms with Crippen molar-refractivity contribution in [2.45, 2.75) is 13.8 Å². The average molecular weight is 279 g/mol. The van der Waals surface area contributed by atoms with E-state index in [0.717, 1.165) is 5.75 Å². The highest BCUT2D eigenvalue weighted by Crippen LogP contribution is 2.20. The molecule has 0 aromatic heterocycles. The van der Waals surface area contributed by atoms with Gasteiger partial charge in [0.15, 0.2) is 5.17 Å². The minimum Gasteiger partial charge on any atom is -0.497 e. The lowest BCUT2D eigenvalue weighted by molar-refractivity contribution is 0.230. The van der Waals surface area contributed by atoms with Crippen LogP contribution in [0.5, 0.6) is 5.75 Å². The van der Waals surface area contributed by atoms with Crippen LogP contribution < -0.4 is 4.74 Å². The Labute approximate surface area is 117 Å². The Bertz CT molecular complexity index is 527. The van der Waals surface area contributed by atoms with E-state index >= 15 is 0 Å². The molecule has 1 aromatic carbocycles. The number of halogens is 1. The van der Waals surface area contributed by atoms with Gasteiger partial charge in [-0.3, -0.25) is 0 Å². The molecule has 0 aliphatic heterocycles. The van der Waals surface area contributed by atoms with E-state index < -0.39 is 0 Å². The fourth-order valence-corrected chi connectivity index (χ4v) is 1.66. The third kappa shape index (κ3) is 4.31. The molecule has 0 radical (unpaired) electrons. The summed E-state index contributed by atoms with van der Waals surface area (Å²) in [7, 11) is 1.59. The van der Waals surface area contributed by atoms with Crippen LogP contribution in [0.2, 0.25) is 0 Å². The molecule has 0 saturated carbocycles. The molecule has 0 aliphatic rings. The molecule has 1 aromatic rings. The Kier molecular flexibility index (Phi) is 5.91. The molecule has 0 fully saturated rings. The predicted molar refractivity (Wildman–Crippen MR) is 75.9 cm³/mol. The van der Waals surface area contributed by atoms with E-state index in [1.54, 1.807) is 38.3 Å². The van der Waals surface area contributed by atoms with E-state index in [4.69, 9.17) is 26.3 Å². The van der Waals surface area contributed by atoms with E-state index in [1.807, 2.05) is 13.0 Å². The molecule has 19 heavy (non-hydrogen) atoms. The van der Waals surface area contributed by atoms with Gasteiger partial charge in [-0.1, -0.05) is 11.6 Å². The van der Waals surface area contributed by atoms with E-state index in [-0.39, 0.29) is 10.7 Å². The molecule has 1 rings (SSSR count). The summed E-state index contributed by atoms with van der Waals surface area (Å²) in [5.74, 6) is 1.20. The minimum absolute atomic E-state index is 0.110. The van der Waals surface area contributed by atoms with Crippen LogP contribution in [0.1, 0.15) is 13.8 Å². The first-order chi connectivity index (χ1) is 9.12. The number of ether oxygens (including phenoxy) is 2. The topological polar surface area (TPSA) is 54.6 Å². The third-order valence-electron chi connectivity index (χ3n) is 2.33. The fraction of sp³-hybridized carbons (Fsp3) is 0.286. The number of nitrogens with zero attached hydrogens (tertiary/aromatic N) is 2. The molecule has 4 nitrogen and oxygen atoms in total. The van der Waals surface area contributed by atoms with Gasteiger partial charge < -0.3 is 9.47 Å². The summed E-state index contributed by atoms with van der Waals surface area (Å²) in [6.07, 6.45) is 0. The van der Waals surface area contributed by atoms with E-state index in [2.05, 4.69) is 4.99 Å². The molecule has 0 amide bonds. The summed E-state index contributed by atoms with van der Waals surface area (Å²) in [5.41, 5.74) is 0.877. The van der Waals surface area contributed by atoms with Crippen molar-refractivity contribution in [3.05, 3.63) is 35.6 Å². The second-order valence-corrected chi connectivity index (χ2v) is 3.93. The average Bonchev–Trinajstić information content (AvgIpc) is 2.40. The van der Waals surface area contributed by atoms with Gasteiger partial charge in [0.25, 0.3) is 0 Å². The molecule has 100 valence electrons. The number of hydrogen-bond acceptors (Lipinski definition) is 4. The molecule has 0 aliphatic carbocycles. The maximum absolute atomic E-state index is 9.08. The van der Waals surface area contributed by atoms with Gasteiger partial charge in [-0.15, -0.1) is 0 Å². The Morgan fingerprint density at radius 1 is 1.37 bits per heavy atom. The standard InChI is InChI=1S/C14H15ClN2O2/c1-4-19-10(2)13(9-16)14(15)17-11-5-7-12(18-3)8-6-11/h5-8H,4H2,1-3H3. The quantitative estimate of drug-likeness (QED) is 0.468. The largest absolute Gasteiger partial charge is 0.497 e. The van der Waals surface area contributed by atoms with Gasteiger partial charge >= 0.3 is 0 Å². The van der Waals surface area contributed by atoms with Crippen molar-refractivity contribution in [1.29, 1.82) is 5.26 Å². The van der Waals surface area contributed by atoms with Crippen molar-refractivity contribution >= 4 is 22.5 Å². The first kappa shape index (κ1) is 15.1. The minimum atomic E-state index is 0.110. The highest BCUT2D eigenvalue weighted by Gasteiger charge is 2.09. The number of benzene rings is 1. The zero-order valence-corrected chi connectivity index (χ0v) is 11.9. The summed E-state index contributed by atoms with van der Waals surface area (Å²) in [6, 6.07) is 9.05. The van der Waals surface area contributed by atoms with Crippen molar-refractivity contribution in [3.8, 4) is 11.8 Å². The lowest BCUT2D eigenvalue weighted by Crippen LogP contribution is -1.99. The SMILES string of the molecule is CCOC(C)=C(C#N)C(Cl)=Nc1ccc(OC)cc1. The molecule has 0 heterocycles. The van der Waals surface area contributed by atoms with E-state index in [0.29, 0.717) is 18.1 Å². The monoisotopic (exact) mass is 278 g/mol. The Morgan fingerprint density at radius 3 is 2.47 bits per heavy atom. The van der Waals surface area contributed by atoms with Crippen LogP contribution >= 0.6 is 11.6 Å². The van der Waals surface area contributed by atoms with Gasteiger partial charge in [-0.05, 0) is 38.1 Å². The highest BCUT2D eigenvalue weighted by molar-refractivity contribution is 6.70. The summed E-state index contributed by atoms with van der Waals surface area (Å²) in [5, 5.41) is 9.19. The number of rotatable bonds is 5. The second-order valence-electron chi connectivity index (χ2n) is 3.58. The van der Waals surface area contributed by atoms with Crippen molar-refractivity contribution in [1.82, 2.24) is 0 Å². The molecule has 0 unspecified atom stereocenters. The summed E-state index contributed by atoms with van der Waals surface area (Å²) < 4.78 is 10.3. The number of nitriles is 1. The molecule has 0 N–H and O–H groups in total. The number of methoxy groups -OCH3 is 1. The van der Waals surface area contributed by atoms with Gasteiger partial charge in [0.05, 0.1) is 19.4 Å². The van der Waals surface area contributed by atoms with E-state index in [9.17, 15) is 0 Å². The molecular weight excluding hydrogens is 264 g/mol. The number of aliphatic imine (C=N–C) groups is 1. The zero-order valence-electron chi connectivity index (χ0n) is 11.1. The molecule has 5 heteroatoms. The maximum Gasteiger partial charge on any atom is 0.150 e. The van der Waals surface area contributed by atoms with Crippen LogP contribution in [-0.2, 0) is 4.74 Å². The maximum atomic E-state index is 9.08. The van der Waals surface area contributed by atoms with Crippen LogP contribution in [0, 0.1) is 11.3 Å². The first-order valence-corrected chi connectivity index (χ1v) is 6.12. The Balaban J connectivity index is 3.02. The molecule has 0 atom stereocenters. The van der Waals surface area contributed by atoms with Crippen LogP contribution in [0.25, 0.3) is 0 Å². The summed E-state index contributed by atoms with van der Waals surface area (Å²) in [6.45, 7) is 4.00. The summed E-state index contributed by atoms with van der Waals surface area (Å²) in [4.78, 5) is 4.18. The lowest BCUT2D eigenvalue weighted by atomic mass is 10.2. The summed E-state index contributed by atoms with van der Waals surface area (Å²) >= 11 is 6.04. The predicted octanol–water partition coefficient (Wildman–Crippen LogP) is 3.80. The van der Waals surface area contributed by atoms with Gasteiger partial charge in [-0.25, -0.2) is 4.99 Å². The third-order valence-corrected chi connectivity index (χ3v) is 2.60. The van der Waals surface area contributed by atoms with Gasteiger partial charge in [0.2, 0.25) is 0 Å². The molecular formula is C14H15ClN2O2. The lowest BCUT2D eigenvalue weighted by Gasteiger charge is -2.05. The second kappa shape index (κ2) is 7.45. The van der Waals surface area contributed by atoms with Crippen LogP contribution in [0.15, 0.2) is 40.6 Å². The van der Waals surface area contributed by atoms with Gasteiger partial charge in [-0.2, -0.15) is 5.26 Å². The fourth-order valence-electron chi connectivity index (χ4n) is 1.38. The number of allylic oxidation sites excluding steroid dienone is 2. The normalized spacial score (nSPS) is 12.5. The van der Waals surface area contributed by atoms with Crippen LogP contribution in [0.3, 0.4) is 0 Å². The highest BCUT2D eigenvalue weighted by atomic mass is 35.5. The number of hydrogen-bond donors (Lipinski definition) is 0. The van der Waals surface area contributed by atoms with Crippen molar-refractivity contribution in [2.24, 2.45) is 4.99 Å². The molecule has 0 saturated heterocycles. The van der Waals surface area contributed by atoms with Crippen LogP contribution in [0.4, 0.5) is 5.69 Å². The van der Waals surface area contributed by atoms with E-state index in [1.165, 1.54) is 0 Å². The zero-order chi connectivity index (χ0) is 14.3. The first-order valence-electron chi connectivity index (χ1n) is 5.74. The van der Waals surface area contributed by atoms with Gasteiger partial charge in [0.1, 0.15) is 23.2 Å². The molecule has 0 bridgehead atoms. The Hall–Kier alpha value is -1.99. The smallest absolute Gasteiger partial charge is 0.150 e. The molecule has 0 spiro atoms. The Morgan fingerprint density at radius 2 is 2.00 bits per heavy atom.